The van der Waals surface area contributed by atoms with E-state index in [2.05, 4.69) is 49.3 Å². The Labute approximate surface area is 142 Å². The van der Waals surface area contributed by atoms with Crippen molar-refractivity contribution >= 4 is 0 Å². The Hall–Kier alpha value is -2.93. The predicted molar refractivity (Wildman–Crippen MR) is 94.9 cm³/mol. The maximum Gasteiger partial charge on any atom is 0.191 e. The molecular weight excluding hydrogens is 296 g/mol. The smallest absolute Gasteiger partial charge is 0.191 e. The van der Waals surface area contributed by atoms with Gasteiger partial charge in [0.2, 0.25) is 0 Å². The zero-order valence-corrected chi connectivity index (χ0v) is 14.4. The van der Waals surface area contributed by atoms with Crippen LogP contribution in [0.2, 0.25) is 0 Å². The topological polar surface area (TPSA) is 54.5 Å². The Kier molecular flexibility index (Phi) is 3.94. The summed E-state index contributed by atoms with van der Waals surface area (Å²) in [6.07, 6.45) is 0. The van der Waals surface area contributed by atoms with E-state index in [1.54, 1.807) is 4.68 Å². The van der Waals surface area contributed by atoms with Gasteiger partial charge in [0.15, 0.2) is 5.69 Å². The van der Waals surface area contributed by atoms with Crippen molar-refractivity contribution in [3.8, 4) is 23.0 Å². The van der Waals surface area contributed by atoms with Crippen molar-refractivity contribution in [1.82, 2.24) is 15.0 Å². The van der Waals surface area contributed by atoms with Gasteiger partial charge in [0, 0.05) is 5.56 Å². The van der Waals surface area contributed by atoms with Crippen molar-refractivity contribution in [1.29, 1.82) is 5.26 Å². The highest BCUT2D eigenvalue weighted by Crippen LogP contribution is 2.29. The Balaban J connectivity index is 2.15. The average Bonchev–Trinajstić information content (AvgIpc) is 2.98. The highest BCUT2D eigenvalue weighted by Gasteiger charge is 2.18. The zero-order valence-electron chi connectivity index (χ0n) is 14.4. The largest absolute Gasteiger partial charge is 0.211 e. The van der Waals surface area contributed by atoms with Crippen LogP contribution in [-0.4, -0.2) is 15.0 Å². The van der Waals surface area contributed by atoms with E-state index in [0.717, 1.165) is 22.5 Å². The molecule has 0 aliphatic carbocycles. The number of hydrogen-bond acceptors (Lipinski definition) is 3. The first kappa shape index (κ1) is 15.9. The lowest BCUT2D eigenvalue weighted by Crippen LogP contribution is -2.11. The van der Waals surface area contributed by atoms with Gasteiger partial charge in [-0.25, -0.2) is 4.68 Å². The van der Waals surface area contributed by atoms with Crippen molar-refractivity contribution in [3.05, 3.63) is 65.4 Å². The first-order chi connectivity index (χ1) is 11.4. The fraction of sp³-hybridized carbons (Fsp3) is 0.250. The van der Waals surface area contributed by atoms with Crippen LogP contribution in [0.3, 0.4) is 0 Å². The maximum atomic E-state index is 9.42. The minimum Gasteiger partial charge on any atom is -0.211 e. The molecular formula is C20H20N4. The summed E-state index contributed by atoms with van der Waals surface area (Å²) < 4.78 is 1.74. The van der Waals surface area contributed by atoms with Crippen LogP contribution in [0.5, 0.6) is 0 Å². The summed E-state index contributed by atoms with van der Waals surface area (Å²) in [6.45, 7) is 8.58. The Morgan fingerprint density at radius 3 is 2.25 bits per heavy atom. The Morgan fingerprint density at radius 2 is 1.67 bits per heavy atom. The molecule has 0 spiro atoms. The molecule has 1 heterocycles. The molecule has 2 aromatic carbocycles. The lowest BCUT2D eigenvalue weighted by Gasteiger charge is -2.19. The third-order valence-corrected chi connectivity index (χ3v) is 4.15. The zero-order chi connectivity index (χ0) is 17.3. The first-order valence-electron chi connectivity index (χ1n) is 7.94. The second-order valence-corrected chi connectivity index (χ2v) is 6.92. The van der Waals surface area contributed by atoms with Gasteiger partial charge in [0.1, 0.15) is 11.8 Å². The van der Waals surface area contributed by atoms with Crippen LogP contribution in [0, 0.1) is 18.3 Å². The summed E-state index contributed by atoms with van der Waals surface area (Å²) in [5.74, 6) is 0. The second kappa shape index (κ2) is 5.93. The molecule has 0 unspecified atom stereocenters. The molecule has 0 amide bonds. The van der Waals surface area contributed by atoms with Crippen molar-refractivity contribution in [3.63, 3.8) is 0 Å². The number of aryl methyl sites for hydroxylation is 1. The van der Waals surface area contributed by atoms with Gasteiger partial charge in [0.25, 0.3) is 0 Å². The van der Waals surface area contributed by atoms with E-state index < -0.39 is 0 Å². The molecule has 0 fully saturated rings. The molecule has 3 rings (SSSR count). The lowest BCUT2D eigenvalue weighted by molar-refractivity contribution is 0.590. The monoisotopic (exact) mass is 316 g/mol. The molecule has 3 aromatic rings. The molecule has 0 aliphatic rings. The van der Waals surface area contributed by atoms with Gasteiger partial charge in [-0.15, -0.1) is 5.10 Å². The van der Waals surface area contributed by atoms with Crippen LogP contribution in [0.25, 0.3) is 16.9 Å². The van der Waals surface area contributed by atoms with Gasteiger partial charge in [-0.05, 0) is 35.6 Å². The molecule has 4 nitrogen and oxygen atoms in total. The molecule has 0 atom stereocenters. The number of rotatable bonds is 2. The fourth-order valence-electron chi connectivity index (χ4n) is 2.72. The number of nitriles is 1. The van der Waals surface area contributed by atoms with Gasteiger partial charge in [0.05, 0.1) is 5.69 Å². The SMILES string of the molecule is Cc1ccccc1-c1c(C#N)nnn1-c1ccc(C(C)(C)C)cc1. The van der Waals surface area contributed by atoms with E-state index in [1.165, 1.54) is 5.56 Å². The van der Waals surface area contributed by atoms with Crippen molar-refractivity contribution in [2.45, 2.75) is 33.1 Å². The number of hydrogen-bond donors (Lipinski definition) is 0. The molecule has 0 N–H and O–H groups in total. The highest BCUT2D eigenvalue weighted by molar-refractivity contribution is 5.70. The number of benzene rings is 2. The van der Waals surface area contributed by atoms with Crippen LogP contribution in [0.15, 0.2) is 48.5 Å². The van der Waals surface area contributed by atoms with E-state index in [1.807, 2.05) is 43.3 Å². The van der Waals surface area contributed by atoms with E-state index in [9.17, 15) is 5.26 Å². The Bertz CT molecular complexity index is 906. The van der Waals surface area contributed by atoms with Crippen LogP contribution in [-0.2, 0) is 5.41 Å². The second-order valence-electron chi connectivity index (χ2n) is 6.92. The van der Waals surface area contributed by atoms with Crippen LogP contribution in [0.4, 0.5) is 0 Å². The molecule has 24 heavy (non-hydrogen) atoms. The molecule has 0 bridgehead atoms. The van der Waals surface area contributed by atoms with Crippen LogP contribution in [0.1, 0.15) is 37.6 Å². The van der Waals surface area contributed by atoms with Crippen molar-refractivity contribution in [2.24, 2.45) is 0 Å². The molecule has 120 valence electrons. The summed E-state index contributed by atoms with van der Waals surface area (Å²) in [4.78, 5) is 0. The number of aromatic nitrogens is 3. The molecule has 4 heteroatoms. The highest BCUT2D eigenvalue weighted by atomic mass is 15.4. The van der Waals surface area contributed by atoms with Gasteiger partial charge in [-0.1, -0.05) is 62.4 Å². The summed E-state index contributed by atoms with van der Waals surface area (Å²) in [5, 5.41) is 17.7. The molecule has 0 aliphatic heterocycles. The summed E-state index contributed by atoms with van der Waals surface area (Å²) in [7, 11) is 0. The van der Waals surface area contributed by atoms with E-state index in [-0.39, 0.29) is 5.41 Å². The molecule has 1 aromatic heterocycles. The first-order valence-corrected chi connectivity index (χ1v) is 7.94. The molecule has 0 saturated heterocycles. The van der Waals surface area contributed by atoms with Crippen LogP contribution < -0.4 is 0 Å². The van der Waals surface area contributed by atoms with Crippen molar-refractivity contribution in [2.75, 3.05) is 0 Å². The minimum atomic E-state index is 0.0948. The van der Waals surface area contributed by atoms with Crippen LogP contribution >= 0.6 is 0 Å². The maximum absolute atomic E-state index is 9.42. The summed E-state index contributed by atoms with van der Waals surface area (Å²) >= 11 is 0. The molecule has 0 saturated carbocycles. The summed E-state index contributed by atoms with van der Waals surface area (Å²) in [5.41, 5.74) is 5.38. The standard InChI is InChI=1S/C20H20N4/c1-14-7-5-6-8-17(14)19-18(13-21)22-23-24(19)16-11-9-15(10-12-16)20(2,3)4/h5-12H,1-4H3. The predicted octanol–water partition coefficient (Wildman–Crippen LogP) is 4.41. The number of nitrogens with zero attached hydrogens (tertiary/aromatic N) is 4. The normalized spacial score (nSPS) is 11.3. The van der Waals surface area contributed by atoms with Gasteiger partial charge in [-0.2, -0.15) is 5.26 Å². The summed E-state index contributed by atoms with van der Waals surface area (Å²) in [6, 6.07) is 18.4. The fourth-order valence-corrected chi connectivity index (χ4v) is 2.72. The van der Waals surface area contributed by atoms with E-state index in [4.69, 9.17) is 0 Å². The third kappa shape index (κ3) is 2.81. The third-order valence-electron chi connectivity index (χ3n) is 4.15. The van der Waals surface area contributed by atoms with Gasteiger partial charge in [-0.3, -0.25) is 0 Å². The van der Waals surface area contributed by atoms with Gasteiger partial charge >= 0.3 is 0 Å². The minimum absolute atomic E-state index is 0.0948. The van der Waals surface area contributed by atoms with Crippen molar-refractivity contribution < 1.29 is 0 Å². The quantitative estimate of drug-likeness (QED) is 0.703. The Morgan fingerprint density at radius 1 is 1.00 bits per heavy atom. The average molecular weight is 316 g/mol. The van der Waals surface area contributed by atoms with E-state index in [0.29, 0.717) is 5.69 Å². The lowest BCUT2D eigenvalue weighted by atomic mass is 9.87. The van der Waals surface area contributed by atoms with Gasteiger partial charge < -0.3 is 0 Å². The molecule has 0 radical (unpaired) electrons. The van der Waals surface area contributed by atoms with E-state index >= 15 is 0 Å².